The topological polar surface area (TPSA) is 64.3 Å². The Hall–Kier alpha value is -2.49. The first kappa shape index (κ1) is 13.5. The summed E-state index contributed by atoms with van der Waals surface area (Å²) < 4.78 is 5.69. The second-order valence-electron chi connectivity index (χ2n) is 5.32. The van der Waals surface area contributed by atoms with Crippen molar-refractivity contribution in [3.63, 3.8) is 0 Å². The highest BCUT2D eigenvalue weighted by molar-refractivity contribution is 5.83. The fraction of sp³-hybridized carbons (Fsp3) is 0.235. The Balaban J connectivity index is 1.65. The molecule has 1 aliphatic heterocycles. The van der Waals surface area contributed by atoms with Crippen LogP contribution in [0.3, 0.4) is 0 Å². The van der Waals surface area contributed by atoms with Crippen molar-refractivity contribution in [3.05, 3.63) is 59.7 Å². The number of ether oxygens (including phenoxy) is 1. The molecular weight excluding hydrogens is 264 g/mol. The second-order valence-corrected chi connectivity index (χ2v) is 5.32. The Morgan fingerprint density at radius 3 is 2.86 bits per heavy atom. The van der Waals surface area contributed by atoms with E-state index in [0.29, 0.717) is 12.1 Å². The quantitative estimate of drug-likeness (QED) is 0.850. The molecule has 0 bridgehead atoms. The van der Waals surface area contributed by atoms with Gasteiger partial charge in [0.1, 0.15) is 5.75 Å². The molecule has 4 heteroatoms. The third kappa shape index (κ3) is 2.84. The summed E-state index contributed by atoms with van der Waals surface area (Å²) in [5.41, 5.74) is 8.53. The molecule has 2 aromatic carbocycles. The summed E-state index contributed by atoms with van der Waals surface area (Å²) in [6.45, 7) is 1.94. The molecule has 2 atom stereocenters. The fourth-order valence-electron chi connectivity index (χ4n) is 2.55. The number of amides is 1. The van der Waals surface area contributed by atoms with Crippen LogP contribution in [0.15, 0.2) is 48.5 Å². The van der Waals surface area contributed by atoms with E-state index in [1.165, 1.54) is 0 Å². The number of carbonyl (C=O) groups excluding carboxylic acids is 1. The first-order chi connectivity index (χ1) is 10.1. The third-order valence-corrected chi connectivity index (χ3v) is 3.71. The SMILES string of the molecule is CC(NC(=O)C1Cc2ccccc2O1)c1cccc(N)c1. The number of rotatable bonds is 3. The molecule has 1 heterocycles. The Kier molecular flexibility index (Phi) is 3.52. The van der Waals surface area contributed by atoms with E-state index < -0.39 is 6.10 Å². The lowest BCUT2D eigenvalue weighted by atomic mass is 10.1. The predicted molar refractivity (Wildman–Crippen MR) is 82.0 cm³/mol. The molecule has 2 aromatic rings. The number of fused-ring (bicyclic) bond motifs is 1. The molecule has 2 unspecified atom stereocenters. The van der Waals surface area contributed by atoms with Crippen molar-refractivity contribution in [2.24, 2.45) is 0 Å². The molecule has 3 N–H and O–H groups in total. The van der Waals surface area contributed by atoms with E-state index in [0.717, 1.165) is 16.9 Å². The van der Waals surface area contributed by atoms with Crippen LogP contribution >= 0.6 is 0 Å². The summed E-state index contributed by atoms with van der Waals surface area (Å²) in [5, 5.41) is 2.98. The van der Waals surface area contributed by atoms with Gasteiger partial charge in [-0.1, -0.05) is 30.3 Å². The maximum Gasteiger partial charge on any atom is 0.261 e. The summed E-state index contributed by atoms with van der Waals surface area (Å²) in [7, 11) is 0. The smallest absolute Gasteiger partial charge is 0.261 e. The van der Waals surface area contributed by atoms with Crippen LogP contribution in [-0.4, -0.2) is 12.0 Å². The van der Waals surface area contributed by atoms with Crippen LogP contribution in [0.1, 0.15) is 24.1 Å². The van der Waals surface area contributed by atoms with E-state index in [4.69, 9.17) is 10.5 Å². The van der Waals surface area contributed by atoms with Gasteiger partial charge >= 0.3 is 0 Å². The van der Waals surface area contributed by atoms with E-state index in [1.54, 1.807) is 0 Å². The van der Waals surface area contributed by atoms with E-state index in [1.807, 2.05) is 55.5 Å². The Morgan fingerprint density at radius 2 is 2.10 bits per heavy atom. The molecule has 0 fully saturated rings. The van der Waals surface area contributed by atoms with Crippen molar-refractivity contribution in [2.75, 3.05) is 5.73 Å². The number of nitrogens with two attached hydrogens (primary N) is 1. The molecule has 0 spiro atoms. The van der Waals surface area contributed by atoms with Gasteiger partial charge in [0, 0.05) is 12.1 Å². The largest absolute Gasteiger partial charge is 0.480 e. The molecule has 1 amide bonds. The number of hydrogen-bond donors (Lipinski definition) is 2. The zero-order chi connectivity index (χ0) is 14.8. The normalized spacial score (nSPS) is 17.7. The summed E-state index contributed by atoms with van der Waals surface area (Å²) in [6.07, 6.45) is 0.164. The van der Waals surface area contributed by atoms with Gasteiger partial charge in [0.2, 0.25) is 0 Å². The van der Waals surface area contributed by atoms with Crippen molar-refractivity contribution < 1.29 is 9.53 Å². The lowest BCUT2D eigenvalue weighted by molar-refractivity contribution is -0.127. The van der Waals surface area contributed by atoms with Crippen LogP contribution in [0.25, 0.3) is 0 Å². The summed E-state index contributed by atoms with van der Waals surface area (Å²) in [4.78, 5) is 12.3. The average molecular weight is 282 g/mol. The first-order valence-electron chi connectivity index (χ1n) is 7.04. The van der Waals surface area contributed by atoms with E-state index in [2.05, 4.69) is 5.32 Å². The highest BCUT2D eigenvalue weighted by Crippen LogP contribution is 2.28. The Morgan fingerprint density at radius 1 is 1.29 bits per heavy atom. The van der Waals surface area contributed by atoms with Gasteiger partial charge in [0.05, 0.1) is 6.04 Å². The molecule has 0 radical (unpaired) electrons. The number of para-hydroxylation sites is 1. The molecule has 1 aliphatic rings. The van der Waals surface area contributed by atoms with Crippen molar-refractivity contribution in [1.29, 1.82) is 0 Å². The minimum Gasteiger partial charge on any atom is -0.480 e. The van der Waals surface area contributed by atoms with Crippen molar-refractivity contribution in [1.82, 2.24) is 5.32 Å². The van der Waals surface area contributed by atoms with Gasteiger partial charge < -0.3 is 15.8 Å². The Bertz CT molecular complexity index is 644. The van der Waals surface area contributed by atoms with Gasteiger partial charge in [-0.3, -0.25) is 4.79 Å². The molecular formula is C17H18N2O2. The minimum absolute atomic E-state index is 0.0962. The molecule has 21 heavy (non-hydrogen) atoms. The summed E-state index contributed by atoms with van der Waals surface area (Å²) >= 11 is 0. The number of nitrogens with one attached hydrogen (secondary N) is 1. The van der Waals surface area contributed by atoms with Crippen molar-refractivity contribution in [2.45, 2.75) is 25.5 Å². The zero-order valence-corrected chi connectivity index (χ0v) is 11.9. The molecule has 3 rings (SSSR count). The Labute approximate surface area is 123 Å². The van der Waals surface area contributed by atoms with Gasteiger partial charge in [-0.15, -0.1) is 0 Å². The number of hydrogen-bond acceptors (Lipinski definition) is 3. The average Bonchev–Trinajstić information content (AvgIpc) is 2.91. The van der Waals surface area contributed by atoms with Crippen molar-refractivity contribution in [3.8, 4) is 5.75 Å². The number of anilines is 1. The predicted octanol–water partition coefficient (Wildman–Crippen LogP) is 2.45. The van der Waals surface area contributed by atoms with Gasteiger partial charge in [-0.05, 0) is 36.2 Å². The maximum atomic E-state index is 12.3. The minimum atomic E-state index is -0.453. The molecule has 108 valence electrons. The van der Waals surface area contributed by atoms with Crippen LogP contribution in [0.5, 0.6) is 5.75 Å². The van der Waals surface area contributed by atoms with Gasteiger partial charge in [0.25, 0.3) is 5.91 Å². The van der Waals surface area contributed by atoms with Gasteiger partial charge in [0.15, 0.2) is 6.10 Å². The molecule has 0 saturated carbocycles. The number of benzene rings is 2. The molecule has 0 saturated heterocycles. The van der Waals surface area contributed by atoms with Crippen LogP contribution in [0, 0.1) is 0 Å². The fourth-order valence-corrected chi connectivity index (χ4v) is 2.55. The van der Waals surface area contributed by atoms with Gasteiger partial charge in [-0.25, -0.2) is 0 Å². The molecule has 0 aliphatic carbocycles. The first-order valence-corrected chi connectivity index (χ1v) is 7.04. The lowest BCUT2D eigenvalue weighted by Crippen LogP contribution is -2.38. The zero-order valence-electron chi connectivity index (χ0n) is 11.9. The second kappa shape index (κ2) is 5.48. The van der Waals surface area contributed by atoms with Gasteiger partial charge in [-0.2, -0.15) is 0 Å². The number of nitrogen functional groups attached to an aromatic ring is 1. The monoisotopic (exact) mass is 282 g/mol. The van der Waals surface area contributed by atoms with E-state index in [9.17, 15) is 4.79 Å². The van der Waals surface area contributed by atoms with E-state index >= 15 is 0 Å². The van der Waals surface area contributed by atoms with Crippen molar-refractivity contribution >= 4 is 11.6 Å². The van der Waals surface area contributed by atoms with Crippen LogP contribution in [0.4, 0.5) is 5.69 Å². The summed E-state index contributed by atoms with van der Waals surface area (Å²) in [6, 6.07) is 15.2. The lowest BCUT2D eigenvalue weighted by Gasteiger charge is -2.17. The van der Waals surface area contributed by atoms with Crippen LogP contribution in [0.2, 0.25) is 0 Å². The van der Waals surface area contributed by atoms with E-state index in [-0.39, 0.29) is 11.9 Å². The van der Waals surface area contributed by atoms with Crippen LogP contribution in [-0.2, 0) is 11.2 Å². The van der Waals surface area contributed by atoms with Crippen LogP contribution < -0.4 is 15.8 Å². The molecule has 4 nitrogen and oxygen atoms in total. The summed E-state index contributed by atoms with van der Waals surface area (Å²) in [5.74, 6) is 0.704. The highest BCUT2D eigenvalue weighted by Gasteiger charge is 2.29. The highest BCUT2D eigenvalue weighted by atomic mass is 16.5. The number of carbonyl (C=O) groups is 1. The standard InChI is InChI=1S/C17H18N2O2/c1-11(12-6-4-7-14(18)9-12)19-17(20)16-10-13-5-2-3-8-15(13)21-16/h2-9,11,16H,10,18H2,1H3,(H,19,20). The molecule has 0 aromatic heterocycles. The third-order valence-electron chi connectivity index (χ3n) is 3.71. The maximum absolute atomic E-state index is 12.3.